The Morgan fingerprint density at radius 1 is 1.20 bits per heavy atom. The van der Waals surface area contributed by atoms with E-state index < -0.39 is 5.97 Å². The lowest BCUT2D eigenvalue weighted by Crippen LogP contribution is -2.47. The van der Waals surface area contributed by atoms with E-state index in [1.165, 1.54) is 16.6 Å². The lowest BCUT2D eigenvalue weighted by atomic mass is 10.2. The Labute approximate surface area is 118 Å². The van der Waals surface area contributed by atoms with Gasteiger partial charge in [-0.25, -0.2) is 0 Å². The molecule has 3 rings (SSSR count). The van der Waals surface area contributed by atoms with Gasteiger partial charge in [0, 0.05) is 50.3 Å². The van der Waals surface area contributed by atoms with Gasteiger partial charge in [-0.15, -0.1) is 0 Å². The van der Waals surface area contributed by atoms with E-state index in [9.17, 15) is 4.79 Å². The third-order valence-electron chi connectivity index (χ3n) is 3.95. The molecule has 1 fully saturated rings. The van der Waals surface area contributed by atoms with Crippen molar-refractivity contribution in [3.63, 3.8) is 0 Å². The first kappa shape index (κ1) is 13.0. The number of fused-ring (bicyclic) bond motifs is 1. The summed E-state index contributed by atoms with van der Waals surface area (Å²) in [4.78, 5) is 15.1. The highest BCUT2D eigenvalue weighted by Crippen LogP contribution is 2.29. The highest BCUT2D eigenvalue weighted by atomic mass is 16.4. The predicted molar refractivity (Wildman–Crippen MR) is 79.2 cm³/mol. The molecule has 2 aromatic rings. The van der Waals surface area contributed by atoms with Crippen molar-refractivity contribution in [2.45, 2.75) is 0 Å². The number of carboxylic acid groups (broad SMARTS) is 1. The highest BCUT2D eigenvalue weighted by molar-refractivity contribution is 5.93. The van der Waals surface area contributed by atoms with Gasteiger partial charge in [0.05, 0.1) is 12.2 Å². The number of nitrogens with zero attached hydrogens (tertiary/aromatic N) is 3. The van der Waals surface area contributed by atoms with E-state index in [2.05, 4.69) is 47.0 Å². The minimum absolute atomic E-state index is 0.142. The van der Waals surface area contributed by atoms with E-state index in [1.54, 1.807) is 0 Å². The maximum Gasteiger partial charge on any atom is 0.317 e. The number of piperazine rings is 1. The Morgan fingerprint density at radius 3 is 2.60 bits per heavy atom. The molecular weight excluding hydrogens is 254 g/mol. The van der Waals surface area contributed by atoms with E-state index >= 15 is 0 Å². The van der Waals surface area contributed by atoms with Crippen molar-refractivity contribution in [1.82, 2.24) is 9.47 Å². The molecule has 0 bridgehead atoms. The second-order valence-corrected chi connectivity index (χ2v) is 5.30. The van der Waals surface area contributed by atoms with E-state index in [0.29, 0.717) is 0 Å². The predicted octanol–water partition coefficient (Wildman–Crippen LogP) is 1.38. The second kappa shape index (κ2) is 5.17. The summed E-state index contributed by atoms with van der Waals surface area (Å²) in [6, 6.07) is 8.39. The van der Waals surface area contributed by atoms with Gasteiger partial charge < -0.3 is 14.6 Å². The van der Waals surface area contributed by atoms with Gasteiger partial charge in [-0.3, -0.25) is 9.69 Å². The molecule has 0 saturated carbocycles. The molecule has 0 aliphatic carbocycles. The van der Waals surface area contributed by atoms with E-state index in [-0.39, 0.29) is 6.54 Å². The first-order valence-electron chi connectivity index (χ1n) is 6.88. The largest absolute Gasteiger partial charge is 0.480 e. The molecule has 2 heterocycles. The van der Waals surface area contributed by atoms with Gasteiger partial charge in [0.1, 0.15) is 0 Å². The van der Waals surface area contributed by atoms with Gasteiger partial charge in [-0.2, -0.15) is 0 Å². The fraction of sp³-hybridized carbons (Fsp3) is 0.400. The van der Waals surface area contributed by atoms with Crippen LogP contribution in [-0.2, 0) is 11.8 Å². The third kappa shape index (κ3) is 2.36. The zero-order valence-electron chi connectivity index (χ0n) is 11.6. The summed E-state index contributed by atoms with van der Waals surface area (Å²) >= 11 is 0. The van der Waals surface area contributed by atoms with Crippen LogP contribution in [0.4, 0.5) is 5.69 Å². The molecule has 0 unspecified atom stereocenters. The van der Waals surface area contributed by atoms with Crippen molar-refractivity contribution in [2.24, 2.45) is 7.05 Å². The van der Waals surface area contributed by atoms with Crippen LogP contribution in [-0.4, -0.2) is 53.3 Å². The average Bonchev–Trinajstić information content (AvgIpc) is 2.77. The first-order chi connectivity index (χ1) is 9.65. The number of aryl methyl sites for hydroxylation is 1. The zero-order chi connectivity index (χ0) is 14.1. The summed E-state index contributed by atoms with van der Waals surface area (Å²) in [6.07, 6.45) is 2.16. The molecule has 0 radical (unpaired) electrons. The quantitative estimate of drug-likeness (QED) is 0.918. The monoisotopic (exact) mass is 273 g/mol. The maximum absolute atomic E-state index is 10.7. The van der Waals surface area contributed by atoms with Crippen LogP contribution in [0.5, 0.6) is 0 Å². The number of rotatable bonds is 3. The van der Waals surface area contributed by atoms with Gasteiger partial charge in [0.2, 0.25) is 0 Å². The molecule has 1 saturated heterocycles. The number of carboxylic acids is 1. The van der Waals surface area contributed by atoms with Gasteiger partial charge >= 0.3 is 5.97 Å². The van der Waals surface area contributed by atoms with Crippen molar-refractivity contribution in [3.05, 3.63) is 30.5 Å². The SMILES string of the molecule is Cn1cc(N2CCN(CC(=O)O)CC2)c2ccccc21. The van der Waals surface area contributed by atoms with Crippen molar-refractivity contribution in [3.8, 4) is 0 Å². The van der Waals surface area contributed by atoms with Crippen molar-refractivity contribution in [1.29, 1.82) is 0 Å². The van der Waals surface area contributed by atoms with Crippen LogP contribution >= 0.6 is 0 Å². The highest BCUT2D eigenvalue weighted by Gasteiger charge is 2.21. The molecular formula is C15H19N3O2. The fourth-order valence-corrected chi connectivity index (χ4v) is 2.91. The molecule has 1 aliphatic heterocycles. The van der Waals surface area contributed by atoms with E-state index in [1.807, 2.05) is 4.90 Å². The number of benzene rings is 1. The van der Waals surface area contributed by atoms with Gasteiger partial charge in [0.15, 0.2) is 0 Å². The number of aliphatic carboxylic acids is 1. The Balaban J connectivity index is 1.78. The minimum atomic E-state index is -0.747. The molecule has 1 N–H and O–H groups in total. The number of hydrogen-bond donors (Lipinski definition) is 1. The number of hydrogen-bond acceptors (Lipinski definition) is 3. The van der Waals surface area contributed by atoms with Gasteiger partial charge in [-0.1, -0.05) is 18.2 Å². The summed E-state index contributed by atoms with van der Waals surface area (Å²) in [5.74, 6) is -0.747. The number of carbonyl (C=O) groups is 1. The molecule has 5 nitrogen and oxygen atoms in total. The fourth-order valence-electron chi connectivity index (χ4n) is 2.91. The van der Waals surface area contributed by atoms with Crippen LogP contribution in [0.25, 0.3) is 10.9 Å². The van der Waals surface area contributed by atoms with Crippen molar-refractivity contribution in [2.75, 3.05) is 37.6 Å². The smallest absolute Gasteiger partial charge is 0.317 e. The van der Waals surface area contributed by atoms with E-state index in [4.69, 9.17) is 5.11 Å². The molecule has 0 amide bonds. The zero-order valence-corrected chi connectivity index (χ0v) is 11.6. The topological polar surface area (TPSA) is 48.7 Å². The maximum atomic E-state index is 10.7. The third-order valence-corrected chi connectivity index (χ3v) is 3.95. The molecule has 1 aromatic heterocycles. The lowest BCUT2D eigenvalue weighted by molar-refractivity contribution is -0.138. The summed E-state index contributed by atoms with van der Waals surface area (Å²) < 4.78 is 2.15. The number of aromatic nitrogens is 1. The van der Waals surface area contributed by atoms with Crippen molar-refractivity contribution >= 4 is 22.6 Å². The molecule has 1 aliphatic rings. The van der Waals surface area contributed by atoms with Crippen LogP contribution in [0.15, 0.2) is 30.5 Å². The van der Waals surface area contributed by atoms with Crippen LogP contribution in [0.1, 0.15) is 0 Å². The molecule has 0 atom stereocenters. The summed E-state index contributed by atoms with van der Waals surface area (Å²) in [7, 11) is 2.06. The average molecular weight is 273 g/mol. The Bertz CT molecular complexity index is 627. The summed E-state index contributed by atoms with van der Waals surface area (Å²) in [6.45, 7) is 3.50. The molecule has 106 valence electrons. The second-order valence-electron chi connectivity index (χ2n) is 5.30. The number of para-hydroxylation sites is 1. The normalized spacial score (nSPS) is 16.8. The number of anilines is 1. The summed E-state index contributed by atoms with van der Waals surface area (Å²) in [5.41, 5.74) is 2.48. The van der Waals surface area contributed by atoms with Crippen LogP contribution < -0.4 is 4.90 Å². The summed E-state index contributed by atoms with van der Waals surface area (Å²) in [5, 5.41) is 10.1. The molecule has 20 heavy (non-hydrogen) atoms. The standard InChI is InChI=1S/C15H19N3O2/c1-16-10-14(12-4-2-3-5-13(12)16)18-8-6-17(7-9-18)11-15(19)20/h2-5,10H,6-9,11H2,1H3,(H,19,20). The minimum Gasteiger partial charge on any atom is -0.480 e. The first-order valence-corrected chi connectivity index (χ1v) is 6.88. The molecule has 0 spiro atoms. The molecule has 1 aromatic carbocycles. The van der Waals surface area contributed by atoms with Crippen LogP contribution in [0, 0.1) is 0 Å². The Kier molecular flexibility index (Phi) is 3.36. The van der Waals surface area contributed by atoms with Crippen LogP contribution in [0.2, 0.25) is 0 Å². The molecule has 5 heteroatoms. The van der Waals surface area contributed by atoms with Crippen LogP contribution in [0.3, 0.4) is 0 Å². The van der Waals surface area contributed by atoms with E-state index in [0.717, 1.165) is 26.2 Å². The Morgan fingerprint density at radius 2 is 1.90 bits per heavy atom. The Hall–Kier alpha value is -2.01. The van der Waals surface area contributed by atoms with Crippen molar-refractivity contribution < 1.29 is 9.90 Å². The van der Waals surface area contributed by atoms with Gasteiger partial charge in [-0.05, 0) is 6.07 Å². The lowest BCUT2D eigenvalue weighted by Gasteiger charge is -2.34. The van der Waals surface area contributed by atoms with Gasteiger partial charge in [0.25, 0.3) is 0 Å².